The maximum absolute atomic E-state index is 5.97. The lowest BCUT2D eigenvalue weighted by molar-refractivity contribution is 0.215. The predicted molar refractivity (Wildman–Crippen MR) is 67.4 cm³/mol. The average Bonchev–Trinajstić information content (AvgIpc) is 2.89. The van der Waals surface area contributed by atoms with Crippen molar-refractivity contribution in [1.29, 1.82) is 0 Å². The van der Waals surface area contributed by atoms with Gasteiger partial charge in [-0.05, 0) is 32.0 Å². The van der Waals surface area contributed by atoms with Gasteiger partial charge in [-0.3, -0.25) is 4.68 Å². The number of fused-ring (bicyclic) bond motifs is 1. The van der Waals surface area contributed by atoms with Crippen molar-refractivity contribution < 1.29 is 4.74 Å². The van der Waals surface area contributed by atoms with Gasteiger partial charge in [0.1, 0.15) is 6.10 Å². The van der Waals surface area contributed by atoms with E-state index in [-0.39, 0.29) is 6.10 Å². The molecule has 17 heavy (non-hydrogen) atoms. The largest absolute Gasteiger partial charge is 0.471 e. The van der Waals surface area contributed by atoms with Gasteiger partial charge in [0.15, 0.2) is 0 Å². The number of benzene rings is 1. The van der Waals surface area contributed by atoms with Crippen molar-refractivity contribution in [3.63, 3.8) is 0 Å². The smallest absolute Gasteiger partial charge is 0.241 e. The van der Waals surface area contributed by atoms with E-state index >= 15 is 0 Å². The number of hydrogen-bond acceptors (Lipinski definition) is 3. The maximum atomic E-state index is 5.97. The van der Waals surface area contributed by atoms with Gasteiger partial charge < -0.3 is 10.1 Å². The van der Waals surface area contributed by atoms with Crippen LogP contribution in [0.1, 0.15) is 12.0 Å². The van der Waals surface area contributed by atoms with E-state index in [1.165, 1.54) is 5.56 Å². The summed E-state index contributed by atoms with van der Waals surface area (Å²) in [5.41, 5.74) is 2.36. The van der Waals surface area contributed by atoms with Crippen molar-refractivity contribution in [3.05, 3.63) is 23.8 Å². The Morgan fingerprint density at radius 1 is 1.47 bits per heavy atom. The van der Waals surface area contributed by atoms with Crippen LogP contribution >= 0.6 is 0 Å². The summed E-state index contributed by atoms with van der Waals surface area (Å²) in [4.78, 5) is 0. The summed E-state index contributed by atoms with van der Waals surface area (Å²) in [7, 11) is 1.96. The number of ether oxygens (including phenoxy) is 1. The zero-order chi connectivity index (χ0) is 11.8. The lowest BCUT2D eigenvalue weighted by Gasteiger charge is -2.09. The van der Waals surface area contributed by atoms with E-state index in [0.29, 0.717) is 0 Å². The quantitative estimate of drug-likeness (QED) is 0.853. The van der Waals surface area contributed by atoms with E-state index < -0.39 is 0 Å². The van der Waals surface area contributed by atoms with Gasteiger partial charge in [-0.2, -0.15) is 0 Å². The van der Waals surface area contributed by atoms with Gasteiger partial charge in [0, 0.05) is 13.6 Å². The molecule has 1 fully saturated rings. The van der Waals surface area contributed by atoms with E-state index in [4.69, 9.17) is 4.74 Å². The molecule has 1 aromatic carbocycles. The standard InChI is InChI=1S/C13H17N3O/c1-9-3-4-12-11(7-9)13(15-16(12)2)17-10-5-6-14-8-10/h3-4,7,10,14H,5-6,8H2,1-2H3. The highest BCUT2D eigenvalue weighted by Crippen LogP contribution is 2.26. The van der Waals surface area contributed by atoms with Crippen LogP contribution in [0.2, 0.25) is 0 Å². The highest BCUT2D eigenvalue weighted by atomic mass is 16.5. The summed E-state index contributed by atoms with van der Waals surface area (Å²) in [6, 6.07) is 6.34. The van der Waals surface area contributed by atoms with Crippen LogP contribution in [0.5, 0.6) is 5.88 Å². The number of aromatic nitrogens is 2. The molecular formula is C13H17N3O. The first-order valence-electron chi connectivity index (χ1n) is 6.05. The highest BCUT2D eigenvalue weighted by Gasteiger charge is 2.19. The van der Waals surface area contributed by atoms with Gasteiger partial charge in [0.25, 0.3) is 0 Å². The molecule has 90 valence electrons. The van der Waals surface area contributed by atoms with Gasteiger partial charge in [-0.15, -0.1) is 5.10 Å². The van der Waals surface area contributed by atoms with E-state index in [1.807, 2.05) is 11.7 Å². The first kappa shape index (κ1) is 10.6. The predicted octanol–water partition coefficient (Wildman–Crippen LogP) is 1.62. The normalized spacial score (nSPS) is 20.0. The van der Waals surface area contributed by atoms with Gasteiger partial charge in [-0.1, -0.05) is 11.6 Å². The van der Waals surface area contributed by atoms with E-state index in [2.05, 4.69) is 35.5 Å². The molecule has 1 N–H and O–H groups in total. The van der Waals surface area contributed by atoms with Crippen molar-refractivity contribution in [3.8, 4) is 5.88 Å². The Kier molecular flexibility index (Phi) is 2.52. The lowest BCUT2D eigenvalue weighted by Crippen LogP contribution is -2.19. The van der Waals surface area contributed by atoms with Gasteiger partial charge in [0.05, 0.1) is 10.9 Å². The molecule has 4 nitrogen and oxygen atoms in total. The summed E-state index contributed by atoms with van der Waals surface area (Å²) in [5, 5.41) is 8.87. The second-order valence-electron chi connectivity index (χ2n) is 4.68. The molecule has 0 saturated carbocycles. The maximum Gasteiger partial charge on any atom is 0.241 e. The second kappa shape index (κ2) is 4.04. The molecule has 0 radical (unpaired) electrons. The van der Waals surface area contributed by atoms with E-state index in [0.717, 1.165) is 36.3 Å². The molecule has 0 spiro atoms. The molecule has 2 heterocycles. The summed E-state index contributed by atoms with van der Waals surface area (Å²) in [6.07, 6.45) is 1.32. The molecule has 4 heteroatoms. The first-order valence-corrected chi connectivity index (χ1v) is 6.05. The van der Waals surface area contributed by atoms with Crippen LogP contribution in [0, 0.1) is 6.92 Å². The fraction of sp³-hybridized carbons (Fsp3) is 0.462. The summed E-state index contributed by atoms with van der Waals surface area (Å²) < 4.78 is 7.85. The third kappa shape index (κ3) is 1.89. The third-order valence-electron chi connectivity index (χ3n) is 3.27. The van der Waals surface area contributed by atoms with Crippen molar-refractivity contribution in [2.24, 2.45) is 7.05 Å². The summed E-state index contributed by atoms with van der Waals surface area (Å²) in [5.74, 6) is 0.764. The fourth-order valence-electron chi connectivity index (χ4n) is 2.32. The Hall–Kier alpha value is -1.55. The molecule has 3 rings (SSSR count). The summed E-state index contributed by atoms with van der Waals surface area (Å²) in [6.45, 7) is 4.05. The molecular weight excluding hydrogens is 214 g/mol. The average molecular weight is 231 g/mol. The van der Waals surface area contributed by atoms with Crippen molar-refractivity contribution in [2.45, 2.75) is 19.4 Å². The Labute approximate surface area is 101 Å². The van der Waals surface area contributed by atoms with Gasteiger partial charge in [-0.25, -0.2) is 0 Å². The van der Waals surface area contributed by atoms with Crippen molar-refractivity contribution in [1.82, 2.24) is 15.1 Å². The SMILES string of the molecule is Cc1ccc2c(c1)c(OC1CCNC1)nn2C. The zero-order valence-electron chi connectivity index (χ0n) is 10.2. The van der Waals surface area contributed by atoms with Crippen LogP contribution in [0.4, 0.5) is 0 Å². The van der Waals surface area contributed by atoms with Crippen LogP contribution in [0.15, 0.2) is 18.2 Å². The molecule has 0 amide bonds. The van der Waals surface area contributed by atoms with Crippen LogP contribution in [-0.2, 0) is 7.05 Å². The number of hydrogen-bond donors (Lipinski definition) is 1. The molecule has 1 atom stereocenters. The Morgan fingerprint density at radius 2 is 2.35 bits per heavy atom. The minimum absolute atomic E-state index is 0.258. The monoisotopic (exact) mass is 231 g/mol. The van der Waals surface area contributed by atoms with Crippen molar-refractivity contribution >= 4 is 10.9 Å². The molecule has 1 aromatic heterocycles. The number of nitrogens with zero attached hydrogens (tertiary/aromatic N) is 2. The number of rotatable bonds is 2. The molecule has 1 saturated heterocycles. The fourth-order valence-corrected chi connectivity index (χ4v) is 2.32. The Balaban J connectivity index is 2.00. The van der Waals surface area contributed by atoms with Crippen LogP contribution in [-0.4, -0.2) is 29.0 Å². The van der Waals surface area contributed by atoms with Crippen LogP contribution < -0.4 is 10.1 Å². The number of nitrogens with one attached hydrogen (secondary N) is 1. The molecule has 1 aliphatic rings. The summed E-state index contributed by atoms with van der Waals surface area (Å²) >= 11 is 0. The van der Waals surface area contributed by atoms with Crippen LogP contribution in [0.25, 0.3) is 10.9 Å². The Bertz CT molecular complexity index is 541. The van der Waals surface area contributed by atoms with Gasteiger partial charge >= 0.3 is 0 Å². The number of aryl methyl sites for hydroxylation is 2. The molecule has 1 unspecified atom stereocenters. The third-order valence-corrected chi connectivity index (χ3v) is 3.27. The first-order chi connectivity index (χ1) is 8.24. The zero-order valence-corrected chi connectivity index (χ0v) is 10.2. The topological polar surface area (TPSA) is 39.1 Å². The lowest BCUT2D eigenvalue weighted by atomic mass is 10.2. The molecule has 1 aliphatic heterocycles. The Morgan fingerprint density at radius 3 is 3.12 bits per heavy atom. The minimum atomic E-state index is 0.258. The molecule has 0 aliphatic carbocycles. The van der Waals surface area contributed by atoms with Crippen molar-refractivity contribution in [2.75, 3.05) is 13.1 Å². The highest BCUT2D eigenvalue weighted by molar-refractivity contribution is 5.85. The second-order valence-corrected chi connectivity index (χ2v) is 4.68. The van der Waals surface area contributed by atoms with E-state index in [9.17, 15) is 0 Å². The molecule has 2 aromatic rings. The van der Waals surface area contributed by atoms with E-state index in [1.54, 1.807) is 0 Å². The minimum Gasteiger partial charge on any atom is -0.471 e. The van der Waals surface area contributed by atoms with Crippen LogP contribution in [0.3, 0.4) is 0 Å². The molecule has 0 bridgehead atoms. The van der Waals surface area contributed by atoms with Gasteiger partial charge in [0.2, 0.25) is 5.88 Å².